The molecule has 0 unspecified atom stereocenters. The van der Waals surface area contributed by atoms with Crippen molar-refractivity contribution in [2.45, 2.75) is 6.42 Å². The fourth-order valence-electron chi connectivity index (χ4n) is 1.81. The summed E-state index contributed by atoms with van der Waals surface area (Å²) in [6, 6.07) is 10.5. The molecule has 0 aliphatic carbocycles. The van der Waals surface area contributed by atoms with Gasteiger partial charge in [0.25, 0.3) is 0 Å². The average molecular weight is 389 g/mol. The van der Waals surface area contributed by atoms with Crippen LogP contribution >= 0.6 is 39.1 Å². The fraction of sp³-hybridized carbons (Fsp3) is 0.133. The van der Waals surface area contributed by atoms with E-state index in [9.17, 15) is 4.79 Å². The molecule has 21 heavy (non-hydrogen) atoms. The lowest BCUT2D eigenvalue weighted by atomic mass is 10.1. The molecule has 1 amide bonds. The van der Waals surface area contributed by atoms with Crippen LogP contribution in [0.15, 0.2) is 40.9 Å². The summed E-state index contributed by atoms with van der Waals surface area (Å²) in [5.41, 5.74) is 1.40. The predicted octanol–water partition coefficient (Wildman–Crippen LogP) is 4.95. The van der Waals surface area contributed by atoms with Crippen molar-refractivity contribution >= 4 is 50.7 Å². The van der Waals surface area contributed by atoms with Gasteiger partial charge in [-0.3, -0.25) is 4.79 Å². The zero-order valence-electron chi connectivity index (χ0n) is 11.1. The zero-order chi connectivity index (χ0) is 15.4. The van der Waals surface area contributed by atoms with E-state index >= 15 is 0 Å². The van der Waals surface area contributed by atoms with Crippen molar-refractivity contribution in [1.29, 1.82) is 0 Å². The van der Waals surface area contributed by atoms with Gasteiger partial charge >= 0.3 is 0 Å². The van der Waals surface area contributed by atoms with Gasteiger partial charge < -0.3 is 10.1 Å². The maximum absolute atomic E-state index is 12.1. The molecule has 1 N–H and O–H groups in total. The number of methoxy groups -OCH3 is 1. The van der Waals surface area contributed by atoms with Gasteiger partial charge in [-0.2, -0.15) is 0 Å². The highest BCUT2D eigenvalue weighted by atomic mass is 79.9. The maximum atomic E-state index is 12.1. The number of hydrogen-bond acceptors (Lipinski definition) is 2. The van der Waals surface area contributed by atoms with Crippen LogP contribution in [0.1, 0.15) is 5.56 Å². The Labute approximate surface area is 141 Å². The summed E-state index contributed by atoms with van der Waals surface area (Å²) in [5.74, 6) is 0.436. The number of benzene rings is 2. The van der Waals surface area contributed by atoms with Crippen LogP contribution in [0.2, 0.25) is 10.0 Å². The summed E-state index contributed by atoms with van der Waals surface area (Å²) in [4.78, 5) is 12.1. The predicted molar refractivity (Wildman–Crippen MR) is 89.5 cm³/mol. The van der Waals surface area contributed by atoms with Gasteiger partial charge in [0, 0.05) is 4.47 Å². The third-order valence-corrected chi connectivity index (χ3v) is 4.02. The van der Waals surface area contributed by atoms with E-state index in [1.165, 1.54) is 0 Å². The summed E-state index contributed by atoms with van der Waals surface area (Å²) >= 11 is 15.1. The van der Waals surface area contributed by atoms with Gasteiger partial charge in [-0.15, -0.1) is 0 Å². The second-order valence-corrected chi connectivity index (χ2v) is 6.05. The second-order valence-electron chi connectivity index (χ2n) is 4.32. The van der Waals surface area contributed by atoms with Crippen LogP contribution in [-0.2, 0) is 11.2 Å². The first-order valence-electron chi connectivity index (χ1n) is 6.07. The Morgan fingerprint density at radius 3 is 2.62 bits per heavy atom. The first-order valence-corrected chi connectivity index (χ1v) is 7.62. The van der Waals surface area contributed by atoms with Crippen molar-refractivity contribution in [3.63, 3.8) is 0 Å². The van der Waals surface area contributed by atoms with Gasteiger partial charge in [0.1, 0.15) is 5.75 Å². The molecule has 6 heteroatoms. The molecule has 0 aromatic heterocycles. The molecular weight excluding hydrogens is 377 g/mol. The molecule has 2 rings (SSSR count). The molecule has 3 nitrogen and oxygen atoms in total. The van der Waals surface area contributed by atoms with Gasteiger partial charge in [-0.25, -0.2) is 0 Å². The van der Waals surface area contributed by atoms with Crippen LogP contribution in [0.3, 0.4) is 0 Å². The Bertz CT molecular complexity index is 677. The number of hydrogen-bond donors (Lipinski definition) is 1. The fourth-order valence-corrected chi connectivity index (χ4v) is 2.49. The highest BCUT2D eigenvalue weighted by Gasteiger charge is 2.10. The number of carbonyl (C=O) groups is 1. The minimum absolute atomic E-state index is 0.162. The van der Waals surface area contributed by atoms with E-state index in [-0.39, 0.29) is 12.3 Å². The van der Waals surface area contributed by atoms with Gasteiger partial charge in [0.2, 0.25) is 5.91 Å². The van der Waals surface area contributed by atoms with Crippen molar-refractivity contribution in [2.75, 3.05) is 12.4 Å². The van der Waals surface area contributed by atoms with Crippen LogP contribution in [0, 0.1) is 0 Å². The number of ether oxygens (including phenoxy) is 1. The third kappa shape index (κ3) is 4.37. The largest absolute Gasteiger partial charge is 0.495 e. The van der Waals surface area contributed by atoms with E-state index in [0.717, 1.165) is 10.0 Å². The molecule has 110 valence electrons. The second kappa shape index (κ2) is 7.16. The number of nitrogens with one attached hydrogen (secondary N) is 1. The lowest BCUT2D eigenvalue weighted by Crippen LogP contribution is -2.15. The summed E-state index contributed by atoms with van der Waals surface area (Å²) in [6.45, 7) is 0. The number of halogens is 3. The summed E-state index contributed by atoms with van der Waals surface area (Å²) < 4.78 is 6.07. The topological polar surface area (TPSA) is 38.3 Å². The lowest BCUT2D eigenvalue weighted by molar-refractivity contribution is -0.115. The Morgan fingerprint density at radius 2 is 1.95 bits per heavy atom. The zero-order valence-corrected chi connectivity index (χ0v) is 14.2. The van der Waals surface area contributed by atoms with Crippen molar-refractivity contribution < 1.29 is 9.53 Å². The standard InChI is InChI=1S/C15H12BrCl2NO2/c1-21-14-5-3-10(16)8-13(14)19-15(20)7-9-2-4-11(17)12(18)6-9/h2-6,8H,7H2,1H3,(H,19,20). The van der Waals surface area contributed by atoms with E-state index < -0.39 is 0 Å². The highest BCUT2D eigenvalue weighted by Crippen LogP contribution is 2.28. The van der Waals surface area contributed by atoms with Crippen LogP contribution in [0.5, 0.6) is 5.75 Å². The molecule has 0 fully saturated rings. The first kappa shape index (κ1) is 16.1. The maximum Gasteiger partial charge on any atom is 0.228 e. The molecule has 2 aromatic carbocycles. The third-order valence-electron chi connectivity index (χ3n) is 2.78. The van der Waals surface area contributed by atoms with E-state index in [1.807, 2.05) is 6.07 Å². The lowest BCUT2D eigenvalue weighted by Gasteiger charge is -2.11. The Balaban J connectivity index is 2.11. The number of rotatable bonds is 4. The Morgan fingerprint density at radius 1 is 1.19 bits per heavy atom. The molecule has 0 saturated heterocycles. The normalized spacial score (nSPS) is 10.3. The Kier molecular flexibility index (Phi) is 5.51. The van der Waals surface area contributed by atoms with E-state index in [4.69, 9.17) is 27.9 Å². The molecule has 0 saturated carbocycles. The van der Waals surface area contributed by atoms with Crippen LogP contribution in [-0.4, -0.2) is 13.0 Å². The molecule has 0 radical (unpaired) electrons. The SMILES string of the molecule is COc1ccc(Br)cc1NC(=O)Cc1ccc(Cl)c(Cl)c1. The van der Waals surface area contributed by atoms with E-state index in [2.05, 4.69) is 21.2 Å². The van der Waals surface area contributed by atoms with Crippen LogP contribution in [0.4, 0.5) is 5.69 Å². The van der Waals surface area contributed by atoms with Crippen LogP contribution in [0.25, 0.3) is 0 Å². The van der Waals surface area contributed by atoms with Gasteiger partial charge in [0.05, 0.1) is 29.3 Å². The quantitative estimate of drug-likeness (QED) is 0.804. The first-order chi connectivity index (χ1) is 9.99. The van der Waals surface area contributed by atoms with Crippen molar-refractivity contribution in [2.24, 2.45) is 0 Å². The summed E-state index contributed by atoms with van der Waals surface area (Å²) in [6.07, 6.45) is 0.201. The highest BCUT2D eigenvalue weighted by molar-refractivity contribution is 9.10. The smallest absolute Gasteiger partial charge is 0.228 e. The van der Waals surface area contributed by atoms with Crippen molar-refractivity contribution in [1.82, 2.24) is 0 Å². The van der Waals surface area contributed by atoms with Gasteiger partial charge in [-0.05, 0) is 35.9 Å². The number of anilines is 1. The summed E-state index contributed by atoms with van der Waals surface area (Å²) in [5, 5.41) is 3.71. The summed E-state index contributed by atoms with van der Waals surface area (Å²) in [7, 11) is 1.55. The average Bonchev–Trinajstić information content (AvgIpc) is 2.43. The van der Waals surface area contributed by atoms with Gasteiger partial charge in [0.15, 0.2) is 0 Å². The van der Waals surface area contributed by atoms with Crippen molar-refractivity contribution in [3.05, 3.63) is 56.5 Å². The number of amides is 1. The molecule has 0 aliphatic rings. The molecule has 0 heterocycles. The Hall–Kier alpha value is -1.23. The molecule has 0 bridgehead atoms. The van der Waals surface area contributed by atoms with E-state index in [0.29, 0.717) is 21.5 Å². The van der Waals surface area contributed by atoms with Crippen LogP contribution < -0.4 is 10.1 Å². The molecule has 0 spiro atoms. The monoisotopic (exact) mass is 387 g/mol. The molecular formula is C15H12BrCl2NO2. The molecule has 0 aliphatic heterocycles. The minimum atomic E-state index is -0.162. The minimum Gasteiger partial charge on any atom is -0.495 e. The molecule has 2 aromatic rings. The number of carbonyl (C=O) groups excluding carboxylic acids is 1. The van der Waals surface area contributed by atoms with Gasteiger partial charge in [-0.1, -0.05) is 45.2 Å². The molecule has 0 atom stereocenters. The van der Waals surface area contributed by atoms with E-state index in [1.54, 1.807) is 37.4 Å². The van der Waals surface area contributed by atoms with Crippen molar-refractivity contribution in [3.8, 4) is 5.75 Å².